The van der Waals surface area contributed by atoms with Gasteiger partial charge in [-0.1, -0.05) is 30.4 Å². The van der Waals surface area contributed by atoms with E-state index in [4.69, 9.17) is 9.47 Å². The van der Waals surface area contributed by atoms with Crippen LogP contribution in [0.3, 0.4) is 0 Å². The number of ether oxygens (including phenoxy) is 2. The Morgan fingerprint density at radius 3 is 2.63 bits per heavy atom. The zero-order valence-electron chi connectivity index (χ0n) is 15.1. The minimum Gasteiger partial charge on any atom is -0.493 e. The molecule has 1 N–H and O–H groups in total. The van der Waals surface area contributed by atoms with Crippen LogP contribution in [-0.4, -0.2) is 19.6 Å². The smallest absolute Gasteiger partial charge is 0.266 e. The molecule has 0 aliphatic carbocycles. The number of anilines is 1. The van der Waals surface area contributed by atoms with Crippen LogP contribution in [0.4, 0.5) is 5.69 Å². The molecular weight excluding hydrogens is 408 g/mol. The summed E-state index contributed by atoms with van der Waals surface area (Å²) in [5.41, 5.74) is 2.31. The van der Waals surface area contributed by atoms with Crippen molar-refractivity contribution in [3.8, 4) is 17.6 Å². The van der Waals surface area contributed by atoms with Crippen molar-refractivity contribution in [1.82, 2.24) is 0 Å². The van der Waals surface area contributed by atoms with Crippen LogP contribution < -0.4 is 14.8 Å². The van der Waals surface area contributed by atoms with Gasteiger partial charge in [0.25, 0.3) is 5.91 Å². The van der Waals surface area contributed by atoms with Gasteiger partial charge in [0.15, 0.2) is 11.5 Å². The average molecular weight is 427 g/mol. The molecule has 0 bridgehead atoms. The topological polar surface area (TPSA) is 71.3 Å². The highest BCUT2D eigenvalue weighted by atomic mass is 79.9. The quantitative estimate of drug-likeness (QED) is 0.389. The van der Waals surface area contributed by atoms with Crippen molar-refractivity contribution >= 4 is 33.6 Å². The van der Waals surface area contributed by atoms with Crippen LogP contribution in [-0.2, 0) is 4.79 Å². The molecule has 0 fully saturated rings. The number of carbonyl (C=O) groups is 1. The number of carbonyl (C=O) groups excluding carboxylic acids is 1. The van der Waals surface area contributed by atoms with Crippen LogP contribution in [0.15, 0.2) is 59.1 Å². The first-order valence-electron chi connectivity index (χ1n) is 8.09. The van der Waals surface area contributed by atoms with Gasteiger partial charge in [0.05, 0.1) is 11.6 Å². The van der Waals surface area contributed by atoms with Gasteiger partial charge in [0.2, 0.25) is 0 Å². The molecule has 5 nitrogen and oxygen atoms in total. The third-order valence-electron chi connectivity index (χ3n) is 3.58. The van der Waals surface area contributed by atoms with Gasteiger partial charge in [0, 0.05) is 5.69 Å². The van der Waals surface area contributed by atoms with E-state index in [9.17, 15) is 10.1 Å². The van der Waals surface area contributed by atoms with Gasteiger partial charge >= 0.3 is 0 Å². The Hall–Kier alpha value is -3.04. The molecule has 2 aromatic rings. The van der Waals surface area contributed by atoms with Gasteiger partial charge in [-0.15, -0.1) is 0 Å². The highest BCUT2D eigenvalue weighted by Crippen LogP contribution is 2.37. The lowest BCUT2D eigenvalue weighted by Gasteiger charge is -2.12. The number of nitriles is 1. The van der Waals surface area contributed by atoms with E-state index in [0.29, 0.717) is 33.8 Å². The summed E-state index contributed by atoms with van der Waals surface area (Å²) in [6.45, 7) is 5.90. The molecule has 0 heterocycles. The summed E-state index contributed by atoms with van der Waals surface area (Å²) in [6, 6.07) is 12.7. The Kier molecular flexibility index (Phi) is 7.21. The number of rotatable bonds is 7. The largest absolute Gasteiger partial charge is 0.493 e. The molecule has 0 aliphatic rings. The summed E-state index contributed by atoms with van der Waals surface area (Å²) in [5, 5.41) is 12.1. The van der Waals surface area contributed by atoms with Crippen molar-refractivity contribution in [2.75, 3.05) is 19.0 Å². The molecule has 2 aromatic carbocycles. The SMILES string of the molecule is C=CCOc1c(Br)cc(C=C(C#N)C(=O)Nc2ccc(C)cc2)cc1OC. The molecule has 138 valence electrons. The fraction of sp³-hybridized carbons (Fsp3) is 0.143. The lowest BCUT2D eigenvalue weighted by atomic mass is 10.1. The van der Waals surface area contributed by atoms with Gasteiger partial charge in [-0.3, -0.25) is 4.79 Å². The van der Waals surface area contributed by atoms with E-state index in [0.717, 1.165) is 5.56 Å². The highest BCUT2D eigenvalue weighted by molar-refractivity contribution is 9.10. The molecule has 0 aromatic heterocycles. The lowest BCUT2D eigenvalue weighted by molar-refractivity contribution is -0.112. The van der Waals surface area contributed by atoms with Crippen molar-refractivity contribution in [2.45, 2.75) is 6.92 Å². The average Bonchev–Trinajstić information content (AvgIpc) is 2.66. The van der Waals surface area contributed by atoms with Gasteiger partial charge in [-0.05, 0) is 58.8 Å². The molecule has 0 saturated carbocycles. The summed E-state index contributed by atoms with van der Waals surface area (Å²) < 4.78 is 11.6. The number of amides is 1. The second kappa shape index (κ2) is 9.60. The number of nitrogens with zero attached hydrogens (tertiary/aromatic N) is 1. The molecule has 6 heteroatoms. The van der Waals surface area contributed by atoms with Gasteiger partial charge in [-0.25, -0.2) is 0 Å². The molecule has 0 spiro atoms. The fourth-order valence-corrected chi connectivity index (χ4v) is 2.83. The molecule has 0 unspecified atom stereocenters. The van der Waals surface area contributed by atoms with E-state index < -0.39 is 5.91 Å². The van der Waals surface area contributed by atoms with Crippen molar-refractivity contribution in [2.24, 2.45) is 0 Å². The summed E-state index contributed by atoms with van der Waals surface area (Å²) >= 11 is 3.43. The summed E-state index contributed by atoms with van der Waals surface area (Å²) in [4.78, 5) is 12.4. The van der Waals surface area contributed by atoms with Gasteiger partial charge < -0.3 is 14.8 Å². The van der Waals surface area contributed by atoms with Crippen molar-refractivity contribution < 1.29 is 14.3 Å². The molecule has 1 amide bonds. The predicted octanol–water partition coefficient (Wildman–Crippen LogP) is 4.88. The molecule has 0 radical (unpaired) electrons. The monoisotopic (exact) mass is 426 g/mol. The van der Waals surface area contributed by atoms with Crippen LogP contribution in [0.1, 0.15) is 11.1 Å². The zero-order valence-corrected chi connectivity index (χ0v) is 16.7. The van der Waals surface area contributed by atoms with Crippen LogP contribution in [0, 0.1) is 18.3 Å². The van der Waals surface area contributed by atoms with E-state index >= 15 is 0 Å². The number of hydrogen-bond acceptors (Lipinski definition) is 4. The first kappa shape index (κ1) is 20.3. The number of methoxy groups -OCH3 is 1. The van der Waals surface area contributed by atoms with Gasteiger partial charge in [0.1, 0.15) is 18.2 Å². The normalized spacial score (nSPS) is 10.7. The summed E-state index contributed by atoms with van der Waals surface area (Å²) in [6.07, 6.45) is 3.12. The Morgan fingerprint density at radius 1 is 1.33 bits per heavy atom. The van der Waals surface area contributed by atoms with Crippen molar-refractivity contribution in [3.63, 3.8) is 0 Å². The second-order valence-electron chi connectivity index (χ2n) is 5.62. The Balaban J connectivity index is 2.29. The molecule has 27 heavy (non-hydrogen) atoms. The molecule has 0 saturated heterocycles. The number of benzene rings is 2. The first-order valence-corrected chi connectivity index (χ1v) is 8.88. The predicted molar refractivity (Wildman–Crippen MR) is 110 cm³/mol. The maximum Gasteiger partial charge on any atom is 0.266 e. The van der Waals surface area contributed by atoms with Gasteiger partial charge in [-0.2, -0.15) is 5.26 Å². The number of hydrogen-bond donors (Lipinski definition) is 1. The summed E-state index contributed by atoms with van der Waals surface area (Å²) in [5.74, 6) is 0.522. The van der Waals surface area contributed by atoms with Crippen molar-refractivity contribution in [1.29, 1.82) is 5.26 Å². The Bertz CT molecular complexity index is 912. The van der Waals surface area contributed by atoms with E-state index in [1.807, 2.05) is 25.1 Å². The highest BCUT2D eigenvalue weighted by Gasteiger charge is 2.14. The standard InChI is InChI=1S/C21H19BrN2O3/c1-4-9-27-20-18(22)11-15(12-19(20)26-3)10-16(13-23)21(25)24-17-7-5-14(2)6-8-17/h4-8,10-12H,1,9H2,2-3H3,(H,24,25). The minimum atomic E-state index is -0.483. The Labute approximate surface area is 167 Å². The zero-order chi connectivity index (χ0) is 19.8. The maximum atomic E-state index is 12.4. The van der Waals surface area contributed by atoms with E-state index in [2.05, 4.69) is 27.8 Å². The van der Waals surface area contributed by atoms with E-state index in [-0.39, 0.29) is 5.57 Å². The van der Waals surface area contributed by atoms with Crippen LogP contribution in [0.2, 0.25) is 0 Å². The van der Waals surface area contributed by atoms with Crippen LogP contribution >= 0.6 is 15.9 Å². The maximum absolute atomic E-state index is 12.4. The molecule has 2 rings (SSSR count). The van der Waals surface area contributed by atoms with Crippen LogP contribution in [0.25, 0.3) is 6.08 Å². The Morgan fingerprint density at radius 2 is 2.04 bits per heavy atom. The second-order valence-corrected chi connectivity index (χ2v) is 6.48. The third-order valence-corrected chi connectivity index (χ3v) is 4.17. The fourth-order valence-electron chi connectivity index (χ4n) is 2.26. The number of nitrogens with one attached hydrogen (secondary N) is 1. The number of halogens is 1. The molecule has 0 atom stereocenters. The molecule has 0 aliphatic heterocycles. The van der Waals surface area contributed by atoms with E-state index in [1.54, 1.807) is 30.3 Å². The number of aryl methyl sites for hydroxylation is 1. The summed E-state index contributed by atoms with van der Waals surface area (Å²) in [7, 11) is 1.52. The van der Waals surface area contributed by atoms with E-state index in [1.165, 1.54) is 13.2 Å². The molecular formula is C21H19BrN2O3. The van der Waals surface area contributed by atoms with Crippen molar-refractivity contribution in [3.05, 3.63) is 70.2 Å². The first-order chi connectivity index (χ1) is 13.0. The third kappa shape index (κ3) is 5.47. The lowest BCUT2D eigenvalue weighted by Crippen LogP contribution is -2.13. The minimum absolute atomic E-state index is 0.0238. The van der Waals surface area contributed by atoms with Crippen LogP contribution in [0.5, 0.6) is 11.5 Å².